The van der Waals surface area contributed by atoms with Crippen molar-refractivity contribution >= 4 is 52.5 Å². The van der Waals surface area contributed by atoms with Gasteiger partial charge in [-0.25, -0.2) is 26.9 Å². The molecule has 7 rings (SSSR count). The summed E-state index contributed by atoms with van der Waals surface area (Å²) in [6.07, 6.45) is 0.898. The largest absolute Gasteiger partial charge is 0.508 e. The fourth-order valence-corrected chi connectivity index (χ4v) is 9.10. The number of allylic oxidation sites excluding steroid dienone is 2. The van der Waals surface area contributed by atoms with Crippen LogP contribution in [0.3, 0.4) is 0 Å². The lowest BCUT2D eigenvalue weighted by molar-refractivity contribution is -0.145. The number of carbonyl (C=O) groups is 4. The van der Waals surface area contributed by atoms with Gasteiger partial charge in [0.1, 0.15) is 23.8 Å². The van der Waals surface area contributed by atoms with Crippen LogP contribution in [0.4, 0.5) is 27.6 Å². The molecule has 2 heterocycles. The zero-order chi connectivity index (χ0) is 37.8. The van der Waals surface area contributed by atoms with Gasteiger partial charge in [-0.05, 0) is 51.2 Å². The van der Waals surface area contributed by atoms with Crippen molar-refractivity contribution in [1.82, 2.24) is 4.90 Å². The zero-order valence-electron chi connectivity index (χ0n) is 27.7. The molecule has 2 saturated heterocycles. The second-order valence-electron chi connectivity index (χ2n) is 14.4. The van der Waals surface area contributed by atoms with E-state index in [2.05, 4.69) is 0 Å². The first-order chi connectivity index (χ1) is 24.4. The number of phenols is 1. The molecule has 4 amide bonds. The lowest BCUT2D eigenvalue weighted by Crippen LogP contribution is -2.60. The Morgan fingerprint density at radius 2 is 1.46 bits per heavy atom. The van der Waals surface area contributed by atoms with Crippen molar-refractivity contribution in [3.63, 3.8) is 0 Å². The molecule has 52 heavy (non-hydrogen) atoms. The van der Waals surface area contributed by atoms with E-state index in [0.717, 1.165) is 10.5 Å². The summed E-state index contributed by atoms with van der Waals surface area (Å²) in [5.74, 6) is -21.8. The lowest BCUT2D eigenvalue weighted by atomic mass is 9.56. The number of halogens is 7. The highest BCUT2D eigenvalue weighted by atomic mass is 35.5. The first-order valence-electron chi connectivity index (χ1n) is 16.2. The van der Waals surface area contributed by atoms with Crippen LogP contribution in [0.1, 0.15) is 50.7 Å². The highest BCUT2D eigenvalue weighted by Crippen LogP contribution is 2.67. The van der Waals surface area contributed by atoms with Crippen LogP contribution in [0.5, 0.6) is 11.5 Å². The molecular formula is C37H29Cl2F5N2O6. The fourth-order valence-electron chi connectivity index (χ4n) is 8.17. The molecule has 3 aromatic rings. The van der Waals surface area contributed by atoms with Crippen molar-refractivity contribution in [1.29, 1.82) is 0 Å². The number of carbonyl (C=O) groups excluding carboxylic acids is 4. The number of nitrogens with zero attached hydrogens (tertiary/aromatic N) is 2. The third-order valence-electron chi connectivity index (χ3n) is 10.5. The smallest absolute Gasteiger partial charge is 0.258 e. The molecule has 3 fully saturated rings. The summed E-state index contributed by atoms with van der Waals surface area (Å²) in [6.45, 7) is 5.08. The number of rotatable bonds is 5. The van der Waals surface area contributed by atoms with Crippen molar-refractivity contribution in [3.05, 3.63) is 100 Å². The van der Waals surface area contributed by atoms with E-state index in [9.17, 15) is 37.5 Å². The number of hydrogen-bond acceptors (Lipinski definition) is 6. The average molecular weight is 764 g/mol. The second kappa shape index (κ2) is 12.0. The molecule has 0 unspecified atom stereocenters. The number of phenolic OH excluding ortho intramolecular Hbond substituents is 1. The molecule has 0 spiro atoms. The molecular weight excluding hydrogens is 734 g/mol. The summed E-state index contributed by atoms with van der Waals surface area (Å²) in [7, 11) is 0. The van der Waals surface area contributed by atoms with Gasteiger partial charge in [-0.2, -0.15) is 0 Å². The molecule has 1 N–H and O–H groups in total. The van der Waals surface area contributed by atoms with Crippen LogP contribution in [-0.4, -0.2) is 48.9 Å². The normalized spacial score (nSPS) is 28.5. The topological polar surface area (TPSA) is 104 Å². The summed E-state index contributed by atoms with van der Waals surface area (Å²) in [6, 6.07) is 13.0. The van der Waals surface area contributed by atoms with Gasteiger partial charge in [0.2, 0.25) is 17.6 Å². The predicted molar refractivity (Wildman–Crippen MR) is 177 cm³/mol. The van der Waals surface area contributed by atoms with Crippen molar-refractivity contribution in [2.45, 2.75) is 61.4 Å². The minimum atomic E-state index is -2.76. The molecule has 2 aliphatic carbocycles. The molecule has 3 aromatic carbocycles. The lowest BCUT2D eigenvalue weighted by Gasteiger charge is -2.50. The molecule has 272 valence electrons. The Labute approximate surface area is 303 Å². The van der Waals surface area contributed by atoms with E-state index in [1.807, 2.05) is 18.2 Å². The van der Waals surface area contributed by atoms with E-state index in [0.29, 0.717) is 0 Å². The van der Waals surface area contributed by atoms with Gasteiger partial charge in [-0.1, -0.05) is 48.0 Å². The molecule has 8 nitrogen and oxygen atoms in total. The summed E-state index contributed by atoms with van der Waals surface area (Å²) >= 11 is 14.3. The standard InChI is InChI=1S/C37H29Cl2F5N2O6/c1-35(2,3)46-31(48)20-12-11-18-21(23(20)32(46)49)14-36(38)33(50)45(30-28(43)26(41)25(40)27(42)29(30)44)34(51)37(36,39)24(18)19-10-9-17(13-22(19)47)52-15-16-7-5-4-6-8-16/h4-11,13,20-21,23-24,47H,12,14-15H2,1-3H3/t20-,21+,23-,24+,36+,37-/m0/s1. The van der Waals surface area contributed by atoms with Gasteiger partial charge in [0, 0.05) is 23.1 Å². The Morgan fingerprint density at radius 1 is 0.846 bits per heavy atom. The summed E-state index contributed by atoms with van der Waals surface area (Å²) < 4.78 is 79.4. The molecule has 0 aromatic heterocycles. The Hall–Kier alpha value is -4.49. The van der Waals surface area contributed by atoms with E-state index in [-0.39, 0.29) is 34.8 Å². The van der Waals surface area contributed by atoms with E-state index >= 15 is 8.78 Å². The van der Waals surface area contributed by atoms with Crippen LogP contribution in [0, 0.1) is 46.8 Å². The predicted octanol–water partition coefficient (Wildman–Crippen LogP) is 7.03. The molecule has 15 heteroatoms. The van der Waals surface area contributed by atoms with Crippen LogP contribution in [0.25, 0.3) is 0 Å². The Morgan fingerprint density at radius 3 is 2.06 bits per heavy atom. The molecule has 6 atom stereocenters. The first-order valence-corrected chi connectivity index (χ1v) is 17.0. The molecule has 0 bridgehead atoms. The van der Waals surface area contributed by atoms with Gasteiger partial charge >= 0.3 is 0 Å². The number of ether oxygens (including phenoxy) is 1. The number of alkyl halides is 2. The summed E-state index contributed by atoms with van der Waals surface area (Å²) in [5.41, 5.74) is -1.93. The minimum absolute atomic E-state index is 0.0189. The highest BCUT2D eigenvalue weighted by Gasteiger charge is 2.77. The van der Waals surface area contributed by atoms with Crippen molar-refractivity contribution < 1.29 is 51.0 Å². The van der Waals surface area contributed by atoms with Crippen molar-refractivity contribution in [3.8, 4) is 11.5 Å². The van der Waals surface area contributed by atoms with Crippen LogP contribution in [0.2, 0.25) is 0 Å². The van der Waals surface area contributed by atoms with E-state index in [1.165, 1.54) is 18.2 Å². The monoisotopic (exact) mass is 762 g/mol. The van der Waals surface area contributed by atoms with Crippen LogP contribution in [-0.2, 0) is 25.8 Å². The molecule has 1 saturated carbocycles. The number of aromatic hydroxyl groups is 1. The fraction of sp³-hybridized carbons (Fsp3) is 0.351. The average Bonchev–Trinajstić information content (AvgIpc) is 3.45. The maximum absolute atomic E-state index is 15.3. The quantitative estimate of drug-likeness (QED) is 0.0748. The van der Waals surface area contributed by atoms with Gasteiger partial charge in [-0.3, -0.25) is 24.1 Å². The third-order valence-corrected chi connectivity index (χ3v) is 11.9. The number of hydrogen-bond donors (Lipinski definition) is 1. The third kappa shape index (κ3) is 4.84. The van der Waals surface area contributed by atoms with E-state index in [1.54, 1.807) is 39.0 Å². The van der Waals surface area contributed by atoms with Gasteiger partial charge in [0.15, 0.2) is 33.0 Å². The Bertz CT molecular complexity index is 2100. The first kappa shape index (κ1) is 35.9. The van der Waals surface area contributed by atoms with Crippen LogP contribution < -0.4 is 9.64 Å². The maximum Gasteiger partial charge on any atom is 0.258 e. The van der Waals surface area contributed by atoms with E-state index in [4.69, 9.17) is 27.9 Å². The van der Waals surface area contributed by atoms with Crippen molar-refractivity contribution in [2.24, 2.45) is 17.8 Å². The van der Waals surface area contributed by atoms with Crippen LogP contribution >= 0.6 is 23.2 Å². The molecule has 4 aliphatic rings. The van der Waals surface area contributed by atoms with Gasteiger partial charge in [-0.15, -0.1) is 23.2 Å². The highest BCUT2D eigenvalue weighted by molar-refractivity contribution is 6.58. The van der Waals surface area contributed by atoms with Gasteiger partial charge in [0.05, 0.1) is 11.8 Å². The van der Waals surface area contributed by atoms with Gasteiger partial charge < -0.3 is 9.84 Å². The maximum atomic E-state index is 15.3. The minimum Gasteiger partial charge on any atom is -0.508 e. The SMILES string of the molecule is CC(C)(C)N1C(=O)[C@H]2[C@H](CC=C3[C@H]2C[C@@]2(Cl)C(=O)N(c4c(F)c(F)c(F)c(F)c4F)C(=O)[C@@]2(Cl)[C@H]3c2ccc(OCc3ccccc3)cc2O)C1=O. The summed E-state index contributed by atoms with van der Waals surface area (Å²) in [5, 5.41) is 11.5. The van der Waals surface area contributed by atoms with E-state index < -0.39 is 110 Å². The molecule has 2 aliphatic heterocycles. The summed E-state index contributed by atoms with van der Waals surface area (Å²) in [4.78, 5) is 51.8. The molecule has 0 radical (unpaired) electrons. The number of imide groups is 2. The second-order valence-corrected chi connectivity index (χ2v) is 15.6. The Balaban J connectivity index is 1.40. The van der Waals surface area contributed by atoms with Gasteiger partial charge in [0.25, 0.3) is 11.8 Å². The number of anilines is 1. The number of amides is 4. The van der Waals surface area contributed by atoms with Crippen molar-refractivity contribution in [2.75, 3.05) is 4.90 Å². The zero-order valence-corrected chi connectivity index (χ0v) is 29.2. The number of likely N-dealkylation sites (tertiary alicyclic amines) is 1. The Kier molecular flexibility index (Phi) is 8.30. The number of fused-ring (bicyclic) bond motifs is 4. The number of benzene rings is 3. The van der Waals surface area contributed by atoms with Crippen LogP contribution in [0.15, 0.2) is 60.2 Å².